The molecule has 8 unspecified atom stereocenters. The second kappa shape index (κ2) is 15.3. The average molecular weight is 497 g/mol. The van der Waals surface area contributed by atoms with E-state index in [0.29, 0.717) is 0 Å². The highest BCUT2D eigenvalue weighted by Crippen LogP contribution is 2.30. The summed E-state index contributed by atoms with van der Waals surface area (Å²) < 4.78 is 0. The lowest BCUT2D eigenvalue weighted by atomic mass is 9.86. The van der Waals surface area contributed by atoms with E-state index in [1.807, 2.05) is 55.4 Å². The zero-order chi connectivity index (χ0) is 28.8. The van der Waals surface area contributed by atoms with Crippen molar-refractivity contribution < 1.29 is 0 Å². The van der Waals surface area contributed by atoms with Crippen molar-refractivity contribution in [1.29, 1.82) is 21.0 Å². The van der Waals surface area contributed by atoms with Crippen LogP contribution in [0.5, 0.6) is 0 Å². The molecule has 0 heterocycles. The van der Waals surface area contributed by atoms with Crippen LogP contribution in [0.25, 0.3) is 0 Å². The molecule has 0 amide bonds. The summed E-state index contributed by atoms with van der Waals surface area (Å²) in [5, 5.41) is 53.9. The fourth-order valence-corrected chi connectivity index (χ4v) is 2.93. The lowest BCUT2D eigenvalue weighted by molar-refractivity contribution is 0.324. The Kier molecular flexibility index (Phi) is 15.0. The number of azo groups is 2. The molecule has 36 heavy (non-hydrogen) atoms. The molecule has 0 spiro atoms. The molecule has 0 fully saturated rings. The van der Waals surface area contributed by atoms with Gasteiger partial charge in [-0.1, -0.05) is 81.1 Å². The van der Waals surface area contributed by atoms with Gasteiger partial charge in [0.05, 0.1) is 24.3 Å². The molecule has 0 saturated heterocycles. The van der Waals surface area contributed by atoms with Crippen LogP contribution in [-0.2, 0) is 0 Å². The van der Waals surface area contributed by atoms with Crippen molar-refractivity contribution >= 4 is 0 Å². The van der Waals surface area contributed by atoms with Crippen LogP contribution < -0.4 is 0 Å². The molecule has 8 atom stereocenters. The Bertz CT molecular complexity index is 754. The minimum atomic E-state index is -0.847. The van der Waals surface area contributed by atoms with Gasteiger partial charge in [0.15, 0.2) is 22.2 Å². The molecule has 0 aliphatic rings. The van der Waals surface area contributed by atoms with Crippen LogP contribution >= 0.6 is 0 Å². The molecule has 0 aromatic heterocycles. The summed E-state index contributed by atoms with van der Waals surface area (Å²) in [5.41, 5.74) is -3.39. The highest BCUT2D eigenvalue weighted by atomic mass is 15.2. The highest BCUT2D eigenvalue weighted by Gasteiger charge is 2.36. The number of hydrogen-bond donors (Lipinski definition) is 0. The fourth-order valence-electron chi connectivity index (χ4n) is 2.93. The van der Waals surface area contributed by atoms with E-state index in [0.717, 1.165) is 25.7 Å². The summed E-state index contributed by atoms with van der Waals surface area (Å²) in [6.07, 6.45) is 3.43. The summed E-state index contributed by atoms with van der Waals surface area (Å²) in [4.78, 5) is 0. The Labute approximate surface area is 220 Å². The van der Waals surface area contributed by atoms with Crippen molar-refractivity contribution in [3.8, 4) is 24.3 Å². The zero-order valence-corrected chi connectivity index (χ0v) is 24.7. The lowest BCUT2D eigenvalue weighted by Gasteiger charge is -2.26. The van der Waals surface area contributed by atoms with Crippen LogP contribution in [0.4, 0.5) is 0 Å². The maximum Gasteiger partial charge on any atom is 0.167 e. The number of hydrogen-bond acceptors (Lipinski definition) is 8. The Morgan fingerprint density at radius 2 is 0.583 bits per heavy atom. The molecule has 8 heteroatoms. The van der Waals surface area contributed by atoms with Gasteiger partial charge in [0, 0.05) is 0 Å². The summed E-state index contributed by atoms with van der Waals surface area (Å²) in [7, 11) is 0. The largest absolute Gasteiger partial charge is 0.196 e. The lowest BCUT2D eigenvalue weighted by Crippen LogP contribution is -2.32. The summed E-state index contributed by atoms with van der Waals surface area (Å²) in [6, 6.07) is 8.85. The van der Waals surface area contributed by atoms with Crippen LogP contribution in [-0.4, -0.2) is 22.2 Å². The number of rotatable bonds is 12. The van der Waals surface area contributed by atoms with Crippen molar-refractivity contribution in [2.45, 2.75) is 131 Å². The van der Waals surface area contributed by atoms with Crippen molar-refractivity contribution in [3.63, 3.8) is 0 Å². The van der Waals surface area contributed by atoms with Gasteiger partial charge >= 0.3 is 0 Å². The van der Waals surface area contributed by atoms with E-state index in [-0.39, 0.29) is 23.7 Å². The van der Waals surface area contributed by atoms with Crippen molar-refractivity contribution in [3.05, 3.63) is 0 Å². The van der Waals surface area contributed by atoms with Gasteiger partial charge in [-0.05, 0) is 51.4 Å². The van der Waals surface area contributed by atoms with E-state index in [9.17, 15) is 21.0 Å². The average Bonchev–Trinajstić information content (AvgIpc) is 2.92. The Morgan fingerprint density at radius 3 is 0.667 bits per heavy atom. The molecule has 0 aromatic rings. The van der Waals surface area contributed by atoms with Gasteiger partial charge in [-0.15, -0.1) is 0 Å². The summed E-state index contributed by atoms with van der Waals surface area (Å²) >= 11 is 0. The third-order valence-corrected chi connectivity index (χ3v) is 8.12. The SMILES string of the molecule is CCC(C)C(C)(C#N)N=NC(C)(C#N)C(C)CC.CCC(C)C(C)(C#N)N=NC(C)(C#N)C(C)CC. The molecule has 8 nitrogen and oxygen atoms in total. The highest BCUT2D eigenvalue weighted by molar-refractivity contribution is 5.11. The quantitative estimate of drug-likeness (QED) is 0.250. The van der Waals surface area contributed by atoms with E-state index in [4.69, 9.17) is 0 Å². The second-order valence-corrected chi connectivity index (χ2v) is 10.7. The third-order valence-electron chi connectivity index (χ3n) is 8.12. The van der Waals surface area contributed by atoms with Crippen molar-refractivity contribution in [2.24, 2.45) is 44.1 Å². The molecule has 0 N–H and O–H groups in total. The minimum absolute atomic E-state index is 0.117. The predicted octanol–water partition coefficient (Wildman–Crippen LogP) is 8.19. The normalized spacial score (nSPS) is 21.3. The first-order chi connectivity index (χ1) is 16.6. The smallest absolute Gasteiger partial charge is 0.167 e. The Balaban J connectivity index is 0. The van der Waals surface area contributed by atoms with Crippen LogP contribution in [0.3, 0.4) is 0 Å². The van der Waals surface area contributed by atoms with Crippen molar-refractivity contribution in [2.75, 3.05) is 0 Å². The van der Waals surface area contributed by atoms with Gasteiger partial charge in [-0.25, -0.2) is 0 Å². The summed E-state index contributed by atoms with van der Waals surface area (Å²) in [6.45, 7) is 23.1. The van der Waals surface area contributed by atoms with Crippen molar-refractivity contribution in [1.82, 2.24) is 0 Å². The molecular weight excluding hydrogens is 448 g/mol. The molecule has 0 aromatic carbocycles. The maximum atomic E-state index is 9.27. The van der Waals surface area contributed by atoms with Crippen LogP contribution in [0.2, 0.25) is 0 Å². The fraction of sp³-hybridized carbons (Fsp3) is 0.857. The minimum Gasteiger partial charge on any atom is -0.196 e. The molecule has 0 rings (SSSR count). The van der Waals surface area contributed by atoms with Crippen LogP contribution in [0, 0.1) is 69.0 Å². The topological polar surface area (TPSA) is 145 Å². The van der Waals surface area contributed by atoms with E-state index >= 15 is 0 Å². The number of nitrogens with zero attached hydrogens (tertiary/aromatic N) is 8. The van der Waals surface area contributed by atoms with Crippen LogP contribution in [0.1, 0.15) is 109 Å². The monoisotopic (exact) mass is 496 g/mol. The Morgan fingerprint density at radius 1 is 0.444 bits per heavy atom. The van der Waals surface area contributed by atoms with E-state index < -0.39 is 22.2 Å². The molecule has 200 valence electrons. The van der Waals surface area contributed by atoms with Gasteiger partial charge in [-0.2, -0.15) is 41.5 Å². The second-order valence-electron chi connectivity index (χ2n) is 10.7. The van der Waals surface area contributed by atoms with Gasteiger partial charge in [0.2, 0.25) is 0 Å². The molecule has 0 bridgehead atoms. The molecule has 0 aliphatic carbocycles. The molecule has 0 radical (unpaired) electrons. The zero-order valence-electron chi connectivity index (χ0n) is 24.7. The first kappa shape index (κ1) is 35.3. The van der Waals surface area contributed by atoms with Gasteiger partial charge in [0.25, 0.3) is 0 Å². The molecule has 0 saturated carbocycles. The predicted molar refractivity (Wildman–Crippen MR) is 144 cm³/mol. The first-order valence-corrected chi connectivity index (χ1v) is 13.1. The van der Waals surface area contributed by atoms with Gasteiger partial charge in [0.1, 0.15) is 0 Å². The van der Waals surface area contributed by atoms with E-state index in [1.165, 1.54) is 0 Å². The maximum absolute atomic E-state index is 9.27. The van der Waals surface area contributed by atoms with E-state index in [2.05, 4.69) is 44.7 Å². The van der Waals surface area contributed by atoms with Gasteiger partial charge in [-0.3, -0.25) is 0 Å². The van der Waals surface area contributed by atoms with E-state index in [1.54, 1.807) is 27.7 Å². The molecular formula is C28H48N8. The number of nitriles is 4. The Hall–Kier alpha value is -2.84. The molecule has 0 aliphatic heterocycles. The third kappa shape index (κ3) is 9.32. The van der Waals surface area contributed by atoms with Crippen LogP contribution in [0.15, 0.2) is 20.5 Å². The first-order valence-electron chi connectivity index (χ1n) is 13.1. The summed E-state index contributed by atoms with van der Waals surface area (Å²) in [5.74, 6) is 0.467. The van der Waals surface area contributed by atoms with Gasteiger partial charge < -0.3 is 0 Å². The standard InChI is InChI=1S/2C14H24N4/c2*1-7-11(3)13(5,9-15)17-18-14(6,10-16)12(4)8-2/h2*11-12H,7-8H2,1-6H3.